The second-order valence-corrected chi connectivity index (χ2v) is 7.53. The van der Waals surface area contributed by atoms with E-state index >= 15 is 0 Å². The summed E-state index contributed by atoms with van der Waals surface area (Å²) in [6, 6.07) is 16.9. The largest absolute Gasteiger partial charge is 0.497 e. The summed E-state index contributed by atoms with van der Waals surface area (Å²) < 4.78 is 6.85. The Bertz CT molecular complexity index is 1150. The van der Waals surface area contributed by atoms with Crippen molar-refractivity contribution >= 4 is 34.7 Å². The number of halogens is 1. The van der Waals surface area contributed by atoms with Crippen LogP contribution < -0.4 is 10.1 Å². The number of aromatic nitrogens is 3. The van der Waals surface area contributed by atoms with E-state index in [1.54, 1.807) is 23.9 Å². The van der Waals surface area contributed by atoms with Crippen molar-refractivity contribution in [3.8, 4) is 33.4 Å². The van der Waals surface area contributed by atoms with E-state index in [1.165, 1.54) is 18.3 Å². The van der Waals surface area contributed by atoms with Gasteiger partial charge in [0.05, 0.1) is 18.5 Å². The maximum absolute atomic E-state index is 11.7. The van der Waals surface area contributed by atoms with E-state index in [4.69, 9.17) is 21.3 Å². The number of ether oxygens (including phenoxy) is 1. The fraction of sp³-hybridized carbons (Fsp3) is 0.0952. The molecule has 0 atom stereocenters. The molecule has 8 heteroatoms. The van der Waals surface area contributed by atoms with Crippen molar-refractivity contribution in [3.63, 3.8) is 0 Å². The molecule has 4 aromatic rings. The number of carbonyl (C=O) groups is 1. The third-order valence-corrected chi connectivity index (χ3v) is 5.28. The molecule has 2 aromatic heterocycles. The Morgan fingerprint density at radius 1 is 1.07 bits per heavy atom. The van der Waals surface area contributed by atoms with E-state index < -0.39 is 0 Å². The lowest BCUT2D eigenvalue weighted by molar-refractivity contribution is -0.114. The quantitative estimate of drug-likeness (QED) is 0.473. The highest BCUT2D eigenvalue weighted by Crippen LogP contribution is 2.30. The van der Waals surface area contributed by atoms with Crippen LogP contribution in [0.25, 0.3) is 27.6 Å². The number of thiazole rings is 1. The van der Waals surface area contributed by atoms with Crippen LogP contribution in [0.4, 0.5) is 5.82 Å². The van der Waals surface area contributed by atoms with Crippen LogP contribution in [-0.4, -0.2) is 27.8 Å². The van der Waals surface area contributed by atoms with Crippen LogP contribution in [0.1, 0.15) is 6.92 Å². The van der Waals surface area contributed by atoms with E-state index in [0.717, 1.165) is 22.6 Å². The molecule has 0 saturated heterocycles. The van der Waals surface area contributed by atoms with Crippen LogP contribution in [0, 0.1) is 0 Å². The van der Waals surface area contributed by atoms with Crippen LogP contribution in [0.2, 0.25) is 5.02 Å². The average Bonchev–Trinajstić information content (AvgIpc) is 3.35. The van der Waals surface area contributed by atoms with Crippen molar-refractivity contribution in [2.75, 3.05) is 12.4 Å². The number of benzene rings is 2. The molecule has 6 nitrogen and oxygen atoms in total. The highest BCUT2D eigenvalue weighted by molar-refractivity contribution is 7.12. The molecule has 2 heterocycles. The molecule has 146 valence electrons. The topological polar surface area (TPSA) is 69.0 Å². The molecule has 29 heavy (non-hydrogen) atoms. The van der Waals surface area contributed by atoms with Gasteiger partial charge in [0.15, 0.2) is 0 Å². The van der Waals surface area contributed by atoms with E-state index in [2.05, 4.69) is 10.4 Å². The summed E-state index contributed by atoms with van der Waals surface area (Å²) >= 11 is 7.43. The van der Waals surface area contributed by atoms with Crippen LogP contribution in [0.15, 0.2) is 60.0 Å². The predicted octanol–water partition coefficient (Wildman–Crippen LogP) is 5.28. The highest BCUT2D eigenvalue weighted by atomic mass is 35.5. The summed E-state index contributed by atoms with van der Waals surface area (Å²) in [6.07, 6.45) is 0. The molecule has 1 amide bonds. The molecule has 0 bridgehead atoms. The summed E-state index contributed by atoms with van der Waals surface area (Å²) in [5, 5.41) is 10.7. The van der Waals surface area contributed by atoms with Gasteiger partial charge in [0.25, 0.3) is 0 Å². The molecule has 1 N–H and O–H groups in total. The molecule has 0 saturated carbocycles. The summed E-state index contributed by atoms with van der Waals surface area (Å²) in [7, 11) is 1.63. The first-order chi connectivity index (χ1) is 14.0. The summed E-state index contributed by atoms with van der Waals surface area (Å²) in [6.45, 7) is 1.46. The standard InChI is InChI=1S/C21H17ClN4O2S/c1-13(27)23-20-11-18(14-3-7-16(22)8-4-14)25-26(20)21-24-19(12-29-21)15-5-9-17(28-2)10-6-15/h3-12H,1-2H3,(H,23,27). The minimum absolute atomic E-state index is 0.180. The van der Waals surface area contributed by atoms with E-state index in [-0.39, 0.29) is 5.91 Å². The van der Waals surface area contributed by atoms with Gasteiger partial charge < -0.3 is 10.1 Å². The van der Waals surface area contributed by atoms with Crippen LogP contribution in [0.3, 0.4) is 0 Å². The Morgan fingerprint density at radius 3 is 2.38 bits per heavy atom. The van der Waals surface area contributed by atoms with Crippen molar-refractivity contribution in [3.05, 3.63) is 65.0 Å². The molecule has 4 rings (SSSR count). The number of hydrogen-bond acceptors (Lipinski definition) is 5. The average molecular weight is 425 g/mol. The van der Waals surface area contributed by atoms with Gasteiger partial charge >= 0.3 is 0 Å². The smallest absolute Gasteiger partial charge is 0.222 e. The van der Waals surface area contributed by atoms with Gasteiger partial charge in [-0.3, -0.25) is 4.79 Å². The molecular weight excluding hydrogens is 408 g/mol. The van der Waals surface area contributed by atoms with Crippen molar-refractivity contribution in [1.29, 1.82) is 0 Å². The molecule has 0 unspecified atom stereocenters. The molecule has 0 aliphatic heterocycles. The van der Waals surface area contributed by atoms with Gasteiger partial charge in [0.2, 0.25) is 11.0 Å². The monoisotopic (exact) mass is 424 g/mol. The molecule has 0 fully saturated rings. The van der Waals surface area contributed by atoms with Gasteiger partial charge in [-0.05, 0) is 36.4 Å². The lowest BCUT2D eigenvalue weighted by Gasteiger charge is -2.03. The zero-order valence-corrected chi connectivity index (χ0v) is 17.3. The predicted molar refractivity (Wildman–Crippen MR) is 116 cm³/mol. The van der Waals surface area contributed by atoms with E-state index in [9.17, 15) is 4.79 Å². The molecule has 0 spiro atoms. The van der Waals surface area contributed by atoms with Gasteiger partial charge in [0, 0.05) is 34.5 Å². The maximum atomic E-state index is 11.7. The molecule has 2 aromatic carbocycles. The van der Waals surface area contributed by atoms with Crippen LogP contribution >= 0.6 is 22.9 Å². The Kier molecular flexibility index (Phi) is 5.33. The van der Waals surface area contributed by atoms with E-state index in [1.807, 2.05) is 47.8 Å². The second kappa shape index (κ2) is 8.06. The Labute approximate surface area is 176 Å². The highest BCUT2D eigenvalue weighted by Gasteiger charge is 2.16. The lowest BCUT2D eigenvalue weighted by atomic mass is 10.1. The fourth-order valence-corrected chi connectivity index (χ4v) is 3.74. The Morgan fingerprint density at radius 2 is 1.72 bits per heavy atom. The Balaban J connectivity index is 1.72. The number of carbonyl (C=O) groups excluding carboxylic acids is 1. The van der Waals surface area contributed by atoms with Crippen molar-refractivity contribution in [2.45, 2.75) is 6.92 Å². The molecule has 0 radical (unpaired) electrons. The van der Waals surface area contributed by atoms with Gasteiger partial charge in [0.1, 0.15) is 11.6 Å². The zero-order chi connectivity index (χ0) is 20.4. The number of anilines is 1. The number of nitrogens with one attached hydrogen (secondary N) is 1. The second-order valence-electron chi connectivity index (χ2n) is 6.26. The van der Waals surface area contributed by atoms with Gasteiger partial charge in [-0.25, -0.2) is 4.98 Å². The van der Waals surface area contributed by atoms with Gasteiger partial charge in [-0.15, -0.1) is 11.3 Å². The normalized spacial score (nSPS) is 10.7. The van der Waals surface area contributed by atoms with Crippen LogP contribution in [0.5, 0.6) is 5.75 Å². The minimum Gasteiger partial charge on any atom is -0.497 e. The number of nitrogens with zero attached hydrogens (tertiary/aromatic N) is 3. The first-order valence-corrected chi connectivity index (χ1v) is 10.0. The number of amides is 1. The number of hydrogen-bond donors (Lipinski definition) is 1. The molecular formula is C21H17ClN4O2S. The van der Waals surface area contributed by atoms with Gasteiger partial charge in [-0.2, -0.15) is 9.78 Å². The molecule has 0 aliphatic rings. The summed E-state index contributed by atoms with van der Waals surface area (Å²) in [5.74, 6) is 1.16. The third-order valence-electron chi connectivity index (χ3n) is 4.21. The number of rotatable bonds is 5. The summed E-state index contributed by atoms with van der Waals surface area (Å²) in [5.41, 5.74) is 3.41. The molecule has 0 aliphatic carbocycles. The van der Waals surface area contributed by atoms with Crippen LogP contribution in [-0.2, 0) is 4.79 Å². The van der Waals surface area contributed by atoms with Crippen molar-refractivity contribution in [1.82, 2.24) is 14.8 Å². The first kappa shape index (κ1) is 19.2. The number of methoxy groups -OCH3 is 1. The fourth-order valence-electron chi connectivity index (χ4n) is 2.81. The van der Waals surface area contributed by atoms with Crippen molar-refractivity contribution < 1.29 is 9.53 Å². The first-order valence-electron chi connectivity index (χ1n) is 8.77. The third kappa shape index (κ3) is 4.16. The minimum atomic E-state index is -0.180. The summed E-state index contributed by atoms with van der Waals surface area (Å²) in [4.78, 5) is 16.4. The maximum Gasteiger partial charge on any atom is 0.222 e. The van der Waals surface area contributed by atoms with Crippen molar-refractivity contribution in [2.24, 2.45) is 0 Å². The van der Waals surface area contributed by atoms with E-state index in [0.29, 0.717) is 21.7 Å². The Hall–Kier alpha value is -3.16. The van der Waals surface area contributed by atoms with Gasteiger partial charge in [-0.1, -0.05) is 23.7 Å². The zero-order valence-electron chi connectivity index (χ0n) is 15.7. The SMILES string of the molecule is COc1ccc(-c2csc(-n3nc(-c4ccc(Cl)cc4)cc3NC(C)=O)n2)cc1. The lowest BCUT2D eigenvalue weighted by Crippen LogP contribution is -2.10.